The van der Waals surface area contributed by atoms with Crippen molar-refractivity contribution in [3.63, 3.8) is 0 Å². The van der Waals surface area contributed by atoms with Crippen LogP contribution in [0.5, 0.6) is 5.75 Å². The van der Waals surface area contributed by atoms with E-state index in [4.69, 9.17) is 16.3 Å². The van der Waals surface area contributed by atoms with Gasteiger partial charge >= 0.3 is 0 Å². The highest BCUT2D eigenvalue weighted by Gasteiger charge is 2.08. The molecule has 22 heavy (non-hydrogen) atoms. The van der Waals surface area contributed by atoms with E-state index in [0.717, 1.165) is 12.2 Å². The van der Waals surface area contributed by atoms with E-state index >= 15 is 0 Å². The lowest BCUT2D eigenvalue weighted by Gasteiger charge is -2.08. The number of nitrogens with one attached hydrogen (secondary N) is 1. The Morgan fingerprint density at radius 3 is 2.50 bits per heavy atom. The Morgan fingerprint density at radius 1 is 1.09 bits per heavy atom. The zero-order valence-electron chi connectivity index (χ0n) is 12.6. The molecule has 0 bridgehead atoms. The SMILES string of the molecule is CCCCCOc1ccc(C(=O)Nc2ccccc2Cl)cc1. The van der Waals surface area contributed by atoms with Crippen molar-refractivity contribution in [3.8, 4) is 5.75 Å². The predicted octanol–water partition coefficient (Wildman–Crippen LogP) is 5.16. The van der Waals surface area contributed by atoms with Crippen LogP contribution in [0.25, 0.3) is 0 Å². The molecule has 1 amide bonds. The molecule has 0 aromatic heterocycles. The molecule has 0 atom stereocenters. The molecular formula is C18H20ClNO2. The molecule has 0 aliphatic heterocycles. The minimum Gasteiger partial charge on any atom is -0.494 e. The second kappa shape index (κ2) is 8.44. The molecule has 0 radical (unpaired) electrons. The van der Waals surface area contributed by atoms with E-state index < -0.39 is 0 Å². The molecule has 4 heteroatoms. The third-order valence-corrected chi connectivity index (χ3v) is 3.58. The van der Waals surface area contributed by atoms with Crippen LogP contribution in [0.1, 0.15) is 36.5 Å². The van der Waals surface area contributed by atoms with Gasteiger partial charge in [-0.2, -0.15) is 0 Å². The molecule has 0 saturated heterocycles. The molecule has 2 aromatic carbocycles. The van der Waals surface area contributed by atoms with Gasteiger partial charge in [0, 0.05) is 5.56 Å². The maximum absolute atomic E-state index is 12.2. The zero-order chi connectivity index (χ0) is 15.8. The van der Waals surface area contributed by atoms with Crippen LogP contribution in [-0.2, 0) is 0 Å². The number of benzene rings is 2. The number of hydrogen-bond donors (Lipinski definition) is 1. The number of carbonyl (C=O) groups excluding carboxylic acids is 1. The van der Waals surface area contributed by atoms with E-state index in [-0.39, 0.29) is 5.91 Å². The predicted molar refractivity (Wildman–Crippen MR) is 90.9 cm³/mol. The Labute approximate surface area is 136 Å². The van der Waals surface area contributed by atoms with Gasteiger partial charge in [-0.05, 0) is 42.8 Å². The molecule has 3 nitrogen and oxygen atoms in total. The van der Waals surface area contributed by atoms with Gasteiger partial charge < -0.3 is 10.1 Å². The first-order valence-corrected chi connectivity index (χ1v) is 7.87. The van der Waals surface area contributed by atoms with Gasteiger partial charge in [0.15, 0.2) is 0 Å². The Bertz CT molecular complexity index is 611. The summed E-state index contributed by atoms with van der Waals surface area (Å²) in [6.07, 6.45) is 3.38. The second-order valence-corrected chi connectivity index (χ2v) is 5.42. The van der Waals surface area contributed by atoms with Crippen LogP contribution < -0.4 is 10.1 Å². The largest absolute Gasteiger partial charge is 0.494 e. The first-order valence-electron chi connectivity index (χ1n) is 7.49. The van der Waals surface area contributed by atoms with Crippen molar-refractivity contribution in [1.29, 1.82) is 0 Å². The summed E-state index contributed by atoms with van der Waals surface area (Å²) in [5.74, 6) is 0.594. The van der Waals surface area contributed by atoms with E-state index in [9.17, 15) is 4.79 Å². The average molecular weight is 318 g/mol. The third-order valence-electron chi connectivity index (χ3n) is 3.26. The Morgan fingerprint density at radius 2 is 1.82 bits per heavy atom. The Balaban J connectivity index is 1.92. The van der Waals surface area contributed by atoms with Crippen LogP contribution in [0.4, 0.5) is 5.69 Å². The molecule has 0 unspecified atom stereocenters. The molecule has 0 aliphatic carbocycles. The van der Waals surface area contributed by atoms with Crippen molar-refractivity contribution in [2.45, 2.75) is 26.2 Å². The molecule has 0 heterocycles. The van der Waals surface area contributed by atoms with E-state index in [1.807, 2.05) is 24.3 Å². The summed E-state index contributed by atoms with van der Waals surface area (Å²) in [5, 5.41) is 3.31. The fraction of sp³-hybridized carbons (Fsp3) is 0.278. The van der Waals surface area contributed by atoms with Crippen molar-refractivity contribution in [2.24, 2.45) is 0 Å². The van der Waals surface area contributed by atoms with Crippen LogP contribution in [-0.4, -0.2) is 12.5 Å². The topological polar surface area (TPSA) is 38.3 Å². The molecular weight excluding hydrogens is 298 g/mol. The van der Waals surface area contributed by atoms with Crippen molar-refractivity contribution in [1.82, 2.24) is 0 Å². The minimum absolute atomic E-state index is 0.189. The van der Waals surface area contributed by atoms with Gasteiger partial charge in [0.1, 0.15) is 5.75 Å². The highest BCUT2D eigenvalue weighted by molar-refractivity contribution is 6.33. The third kappa shape index (κ3) is 4.78. The Hall–Kier alpha value is -2.00. The second-order valence-electron chi connectivity index (χ2n) is 5.01. The van der Waals surface area contributed by atoms with Crippen LogP contribution in [0.3, 0.4) is 0 Å². The summed E-state index contributed by atoms with van der Waals surface area (Å²) in [6.45, 7) is 2.87. The van der Waals surface area contributed by atoms with Crippen molar-refractivity contribution >= 4 is 23.2 Å². The molecule has 0 saturated carbocycles. The molecule has 2 rings (SSSR count). The number of hydrogen-bond acceptors (Lipinski definition) is 2. The molecule has 116 valence electrons. The van der Waals surface area contributed by atoms with Gasteiger partial charge in [-0.15, -0.1) is 0 Å². The van der Waals surface area contributed by atoms with Crippen LogP contribution in [0, 0.1) is 0 Å². The normalized spacial score (nSPS) is 10.3. The van der Waals surface area contributed by atoms with Crippen molar-refractivity contribution < 1.29 is 9.53 Å². The van der Waals surface area contributed by atoms with Gasteiger partial charge in [-0.3, -0.25) is 4.79 Å². The monoisotopic (exact) mass is 317 g/mol. The van der Waals surface area contributed by atoms with Gasteiger partial charge in [0.25, 0.3) is 5.91 Å². The Kier molecular flexibility index (Phi) is 6.28. The number of para-hydroxylation sites is 1. The maximum atomic E-state index is 12.2. The lowest BCUT2D eigenvalue weighted by molar-refractivity contribution is 0.102. The maximum Gasteiger partial charge on any atom is 0.255 e. The summed E-state index contributed by atoms with van der Waals surface area (Å²) in [5.41, 5.74) is 1.18. The highest BCUT2D eigenvalue weighted by Crippen LogP contribution is 2.21. The number of unbranched alkanes of at least 4 members (excludes halogenated alkanes) is 2. The number of ether oxygens (including phenoxy) is 1. The first-order chi connectivity index (χ1) is 10.7. The number of amides is 1. The van der Waals surface area contributed by atoms with Crippen LogP contribution >= 0.6 is 11.6 Å². The van der Waals surface area contributed by atoms with E-state index in [0.29, 0.717) is 22.9 Å². The smallest absolute Gasteiger partial charge is 0.255 e. The zero-order valence-corrected chi connectivity index (χ0v) is 13.4. The van der Waals surface area contributed by atoms with E-state index in [2.05, 4.69) is 12.2 Å². The molecule has 0 spiro atoms. The first kappa shape index (κ1) is 16.4. The number of rotatable bonds is 7. The van der Waals surface area contributed by atoms with E-state index in [1.165, 1.54) is 12.8 Å². The number of halogens is 1. The van der Waals surface area contributed by atoms with Crippen LogP contribution in [0.15, 0.2) is 48.5 Å². The van der Waals surface area contributed by atoms with Crippen molar-refractivity contribution in [3.05, 3.63) is 59.1 Å². The van der Waals surface area contributed by atoms with Gasteiger partial charge in [0.2, 0.25) is 0 Å². The quantitative estimate of drug-likeness (QED) is 0.716. The van der Waals surface area contributed by atoms with Gasteiger partial charge in [-0.1, -0.05) is 43.5 Å². The summed E-state index contributed by atoms with van der Waals surface area (Å²) >= 11 is 6.03. The fourth-order valence-electron chi connectivity index (χ4n) is 2.00. The highest BCUT2D eigenvalue weighted by atomic mass is 35.5. The molecule has 2 aromatic rings. The number of carbonyl (C=O) groups is 1. The standard InChI is InChI=1S/C18H20ClNO2/c1-2-3-6-13-22-15-11-9-14(10-12-15)18(21)20-17-8-5-4-7-16(17)19/h4-5,7-12H,2-3,6,13H2,1H3,(H,20,21). The molecule has 0 aliphatic rings. The average Bonchev–Trinajstić information content (AvgIpc) is 2.54. The number of anilines is 1. The molecule has 0 fully saturated rings. The van der Waals surface area contributed by atoms with Gasteiger partial charge in [0.05, 0.1) is 17.3 Å². The summed E-state index contributed by atoms with van der Waals surface area (Å²) in [6, 6.07) is 14.3. The van der Waals surface area contributed by atoms with Gasteiger partial charge in [-0.25, -0.2) is 0 Å². The lowest BCUT2D eigenvalue weighted by Crippen LogP contribution is -2.12. The van der Waals surface area contributed by atoms with Crippen LogP contribution in [0.2, 0.25) is 5.02 Å². The summed E-state index contributed by atoms with van der Waals surface area (Å²) in [7, 11) is 0. The lowest BCUT2D eigenvalue weighted by atomic mass is 10.2. The summed E-state index contributed by atoms with van der Waals surface area (Å²) in [4.78, 5) is 12.2. The summed E-state index contributed by atoms with van der Waals surface area (Å²) < 4.78 is 5.63. The minimum atomic E-state index is -0.189. The van der Waals surface area contributed by atoms with Crippen molar-refractivity contribution in [2.75, 3.05) is 11.9 Å². The van der Waals surface area contributed by atoms with E-state index in [1.54, 1.807) is 24.3 Å². The molecule has 1 N–H and O–H groups in total. The fourth-order valence-corrected chi connectivity index (χ4v) is 2.18.